The van der Waals surface area contributed by atoms with Gasteiger partial charge in [-0.3, -0.25) is 29.4 Å². The summed E-state index contributed by atoms with van der Waals surface area (Å²) in [7, 11) is 0. The number of carbonyl (C=O) groups is 5. The molecule has 4 rings (SSSR count). The number of anilines is 1. The average Bonchev–Trinajstić information content (AvgIpc) is 3.20. The molecule has 0 aromatic heterocycles. The van der Waals surface area contributed by atoms with Gasteiger partial charge in [-0.25, -0.2) is 0 Å². The number of hydrogen-bond acceptors (Lipinski definition) is 6. The third-order valence-corrected chi connectivity index (χ3v) is 5.20. The van der Waals surface area contributed by atoms with Crippen LogP contribution in [-0.4, -0.2) is 53.9 Å². The summed E-state index contributed by atoms with van der Waals surface area (Å²) in [6.07, 6.45) is 1.82. The summed E-state index contributed by atoms with van der Waals surface area (Å²) in [5.74, 6) is -2.17. The quantitative estimate of drug-likeness (QED) is 0.610. The zero-order valence-electron chi connectivity index (χ0n) is 13.9. The van der Waals surface area contributed by atoms with Gasteiger partial charge in [-0.2, -0.15) is 0 Å². The van der Waals surface area contributed by atoms with Crippen LogP contribution in [0.15, 0.2) is 18.2 Å². The van der Waals surface area contributed by atoms with E-state index in [4.69, 9.17) is 0 Å². The molecule has 0 bridgehead atoms. The predicted molar refractivity (Wildman–Crippen MR) is 89.5 cm³/mol. The number of hydrogen-bond donors (Lipinski definition) is 1. The molecule has 0 aliphatic carbocycles. The fourth-order valence-electron chi connectivity index (χ4n) is 3.88. The van der Waals surface area contributed by atoms with Crippen molar-refractivity contribution in [1.82, 2.24) is 10.2 Å². The predicted octanol–water partition coefficient (Wildman–Crippen LogP) is 0.113. The molecule has 3 aliphatic rings. The zero-order chi connectivity index (χ0) is 18.4. The van der Waals surface area contributed by atoms with E-state index < -0.39 is 29.7 Å². The van der Waals surface area contributed by atoms with E-state index in [9.17, 15) is 24.0 Å². The van der Waals surface area contributed by atoms with Crippen LogP contribution in [0.2, 0.25) is 0 Å². The van der Waals surface area contributed by atoms with Crippen molar-refractivity contribution in [3.05, 3.63) is 29.3 Å². The maximum atomic E-state index is 13.0. The van der Waals surface area contributed by atoms with E-state index in [1.807, 2.05) is 4.90 Å². The fourth-order valence-corrected chi connectivity index (χ4v) is 3.88. The van der Waals surface area contributed by atoms with E-state index in [-0.39, 0.29) is 29.9 Å². The van der Waals surface area contributed by atoms with E-state index in [2.05, 4.69) is 5.32 Å². The van der Waals surface area contributed by atoms with Gasteiger partial charge in [0.05, 0.1) is 16.8 Å². The van der Waals surface area contributed by atoms with E-state index in [1.54, 1.807) is 18.2 Å². The molecule has 26 heavy (non-hydrogen) atoms. The van der Waals surface area contributed by atoms with Crippen molar-refractivity contribution in [3.63, 3.8) is 0 Å². The summed E-state index contributed by atoms with van der Waals surface area (Å²) in [5.41, 5.74) is 1.14. The molecule has 1 aromatic rings. The smallest absolute Gasteiger partial charge is 0.264 e. The molecule has 0 spiro atoms. The largest absolute Gasteiger partial charge is 0.370 e. The first kappa shape index (κ1) is 16.4. The second-order valence-electron chi connectivity index (χ2n) is 6.78. The van der Waals surface area contributed by atoms with Crippen molar-refractivity contribution >= 4 is 35.6 Å². The molecule has 4 amide bonds. The number of imide groups is 2. The van der Waals surface area contributed by atoms with Crippen LogP contribution in [0.25, 0.3) is 0 Å². The first-order chi connectivity index (χ1) is 12.5. The van der Waals surface area contributed by atoms with Crippen LogP contribution in [0.5, 0.6) is 0 Å². The molecule has 134 valence electrons. The van der Waals surface area contributed by atoms with Gasteiger partial charge in [0.2, 0.25) is 11.8 Å². The number of carbonyl (C=O) groups excluding carboxylic acids is 5. The minimum atomic E-state index is -0.978. The molecule has 0 saturated carbocycles. The van der Waals surface area contributed by atoms with Crippen LogP contribution in [0.3, 0.4) is 0 Å². The number of fused-ring (bicyclic) bond motifs is 1. The molecule has 1 aromatic carbocycles. The Bertz CT molecular complexity index is 849. The summed E-state index contributed by atoms with van der Waals surface area (Å²) in [6.45, 7) is 1.12. The molecule has 2 saturated heterocycles. The lowest BCUT2D eigenvalue weighted by Gasteiger charge is -2.28. The van der Waals surface area contributed by atoms with Crippen LogP contribution >= 0.6 is 0 Å². The number of nitrogens with one attached hydrogen (secondary N) is 1. The van der Waals surface area contributed by atoms with Crippen LogP contribution < -0.4 is 10.2 Å². The average molecular weight is 355 g/mol. The molecule has 3 heterocycles. The molecule has 2 atom stereocenters. The number of aldehydes is 1. The Morgan fingerprint density at radius 2 is 1.88 bits per heavy atom. The standard InChI is InChI=1S/C18H17N3O5/c22-9-10-6-7-20(8-10)12-3-1-2-11-15(12)18(26)21(17(11)25)13-4-5-14(23)19-16(13)24/h1-3,9-10,13H,4-8H2,(H,19,23,24)/t10-,13?/m0/s1. The number of nitrogens with zero attached hydrogens (tertiary/aromatic N) is 2. The van der Waals surface area contributed by atoms with Crippen molar-refractivity contribution in [2.45, 2.75) is 25.3 Å². The topological polar surface area (TPSA) is 104 Å². The van der Waals surface area contributed by atoms with Crippen LogP contribution in [0.4, 0.5) is 5.69 Å². The van der Waals surface area contributed by atoms with Crippen molar-refractivity contribution in [1.29, 1.82) is 0 Å². The van der Waals surface area contributed by atoms with Crippen molar-refractivity contribution in [2.75, 3.05) is 18.0 Å². The van der Waals surface area contributed by atoms with Crippen molar-refractivity contribution in [3.8, 4) is 0 Å². The zero-order valence-corrected chi connectivity index (χ0v) is 13.9. The summed E-state index contributed by atoms with van der Waals surface area (Å²) in [4.78, 5) is 63.2. The minimum absolute atomic E-state index is 0.0871. The SMILES string of the molecule is O=C[C@H]1CCN(c2cccc3c2C(=O)N(C2CCC(=O)NC2=O)C3=O)C1. The highest BCUT2D eigenvalue weighted by atomic mass is 16.2. The van der Waals surface area contributed by atoms with Gasteiger partial charge in [0.25, 0.3) is 11.8 Å². The summed E-state index contributed by atoms with van der Waals surface area (Å²) in [5, 5.41) is 2.18. The van der Waals surface area contributed by atoms with E-state index >= 15 is 0 Å². The fraction of sp³-hybridized carbons (Fsp3) is 0.389. The molecule has 2 fully saturated rings. The van der Waals surface area contributed by atoms with Gasteiger partial charge in [0, 0.05) is 25.4 Å². The Kier molecular flexibility index (Phi) is 3.82. The highest BCUT2D eigenvalue weighted by Crippen LogP contribution is 2.35. The number of rotatable bonds is 3. The molecule has 8 heteroatoms. The summed E-state index contributed by atoms with van der Waals surface area (Å²) < 4.78 is 0. The van der Waals surface area contributed by atoms with Crippen molar-refractivity contribution in [2.24, 2.45) is 5.92 Å². The summed E-state index contributed by atoms with van der Waals surface area (Å²) in [6, 6.07) is 4.04. The highest BCUT2D eigenvalue weighted by Gasteiger charge is 2.46. The summed E-state index contributed by atoms with van der Waals surface area (Å²) >= 11 is 0. The lowest BCUT2D eigenvalue weighted by atomic mass is 10.0. The maximum Gasteiger partial charge on any atom is 0.264 e. The molecular weight excluding hydrogens is 338 g/mol. The van der Waals surface area contributed by atoms with Crippen LogP contribution in [0, 0.1) is 5.92 Å². The first-order valence-electron chi connectivity index (χ1n) is 8.56. The maximum absolute atomic E-state index is 13.0. The molecule has 1 N–H and O–H groups in total. The molecule has 8 nitrogen and oxygen atoms in total. The lowest BCUT2D eigenvalue weighted by Crippen LogP contribution is -2.54. The third kappa shape index (κ3) is 2.40. The Balaban J connectivity index is 1.69. The van der Waals surface area contributed by atoms with E-state index in [1.165, 1.54) is 0 Å². The second kappa shape index (κ2) is 6.05. The van der Waals surface area contributed by atoms with Gasteiger partial charge < -0.3 is 9.69 Å². The Morgan fingerprint density at radius 1 is 1.08 bits per heavy atom. The van der Waals surface area contributed by atoms with Crippen molar-refractivity contribution < 1.29 is 24.0 Å². The van der Waals surface area contributed by atoms with Crippen LogP contribution in [-0.2, 0) is 14.4 Å². The minimum Gasteiger partial charge on any atom is -0.370 e. The van der Waals surface area contributed by atoms with Gasteiger partial charge in [-0.05, 0) is 25.0 Å². The van der Waals surface area contributed by atoms with E-state index in [0.29, 0.717) is 25.2 Å². The Morgan fingerprint density at radius 3 is 2.58 bits per heavy atom. The second-order valence-corrected chi connectivity index (χ2v) is 6.78. The van der Waals surface area contributed by atoms with Gasteiger partial charge in [0.1, 0.15) is 12.3 Å². The number of benzene rings is 1. The van der Waals surface area contributed by atoms with E-state index in [0.717, 1.165) is 11.2 Å². The molecular formula is C18H17N3O5. The lowest BCUT2D eigenvalue weighted by molar-refractivity contribution is -0.136. The van der Waals surface area contributed by atoms with Gasteiger partial charge in [0.15, 0.2) is 0 Å². The monoisotopic (exact) mass is 355 g/mol. The normalized spacial score (nSPS) is 25.5. The van der Waals surface area contributed by atoms with Crippen LogP contribution in [0.1, 0.15) is 40.0 Å². The van der Waals surface area contributed by atoms with Gasteiger partial charge >= 0.3 is 0 Å². The number of amides is 4. The molecule has 0 radical (unpaired) electrons. The first-order valence-corrected chi connectivity index (χ1v) is 8.56. The Labute approximate surface area is 149 Å². The molecule has 1 unspecified atom stereocenters. The molecule has 3 aliphatic heterocycles. The third-order valence-electron chi connectivity index (χ3n) is 5.20. The van der Waals surface area contributed by atoms with Gasteiger partial charge in [-0.15, -0.1) is 0 Å². The van der Waals surface area contributed by atoms with Gasteiger partial charge in [-0.1, -0.05) is 6.07 Å². The number of piperidine rings is 1. The Hall–Kier alpha value is -3.03. The highest BCUT2D eigenvalue weighted by molar-refractivity contribution is 6.25.